The summed E-state index contributed by atoms with van der Waals surface area (Å²) in [5.41, 5.74) is 1.38. The molecule has 0 amide bonds. The summed E-state index contributed by atoms with van der Waals surface area (Å²) >= 11 is 0. The molecule has 0 N–H and O–H groups in total. The van der Waals surface area contributed by atoms with E-state index >= 15 is 0 Å². The first-order valence-electron chi connectivity index (χ1n) is 6.64. The molecule has 1 unspecified atom stereocenters. The predicted octanol–water partition coefficient (Wildman–Crippen LogP) is 4.35. The highest BCUT2D eigenvalue weighted by Gasteiger charge is 2.18. The number of ether oxygens (including phenoxy) is 1. The Bertz CT molecular complexity index is 319. The predicted molar refractivity (Wildman–Crippen MR) is 67.9 cm³/mol. The minimum atomic E-state index is 0.465. The highest BCUT2D eigenvalue weighted by atomic mass is 16.5. The van der Waals surface area contributed by atoms with E-state index in [0.29, 0.717) is 6.10 Å². The smallest absolute Gasteiger partial charge is 0.122 e. The van der Waals surface area contributed by atoms with Gasteiger partial charge in [0.1, 0.15) is 5.75 Å². The number of hydrogen-bond donors (Lipinski definition) is 0. The molecule has 0 fully saturated rings. The number of fused-ring (bicyclic) bond motifs is 1. The van der Waals surface area contributed by atoms with Gasteiger partial charge in [0.15, 0.2) is 0 Å². The molecule has 0 saturated carbocycles. The van der Waals surface area contributed by atoms with Crippen molar-refractivity contribution < 1.29 is 4.74 Å². The Labute approximate surface area is 98.8 Å². The number of aryl methyl sites for hydroxylation is 1. The Morgan fingerprint density at radius 3 is 2.94 bits per heavy atom. The third-order valence-electron chi connectivity index (χ3n) is 3.38. The van der Waals surface area contributed by atoms with Gasteiger partial charge in [-0.3, -0.25) is 0 Å². The van der Waals surface area contributed by atoms with Gasteiger partial charge >= 0.3 is 0 Å². The van der Waals surface area contributed by atoms with Crippen molar-refractivity contribution >= 4 is 0 Å². The van der Waals surface area contributed by atoms with Crippen molar-refractivity contribution in [3.8, 4) is 5.75 Å². The SMILES string of the molecule is CCCCCCC1CCc2ccccc2O1. The quantitative estimate of drug-likeness (QED) is 0.668. The normalized spacial score (nSPS) is 18.9. The van der Waals surface area contributed by atoms with Gasteiger partial charge in [-0.25, -0.2) is 0 Å². The maximum Gasteiger partial charge on any atom is 0.122 e. The summed E-state index contributed by atoms with van der Waals surface area (Å²) < 4.78 is 6.01. The molecular formula is C15H22O. The Morgan fingerprint density at radius 2 is 2.06 bits per heavy atom. The zero-order valence-corrected chi connectivity index (χ0v) is 10.2. The molecule has 1 aromatic carbocycles. The highest BCUT2D eigenvalue weighted by Crippen LogP contribution is 2.28. The minimum absolute atomic E-state index is 0.465. The fraction of sp³-hybridized carbons (Fsp3) is 0.600. The highest BCUT2D eigenvalue weighted by molar-refractivity contribution is 5.35. The van der Waals surface area contributed by atoms with Crippen molar-refractivity contribution in [2.24, 2.45) is 0 Å². The van der Waals surface area contributed by atoms with Crippen molar-refractivity contribution in [2.75, 3.05) is 0 Å². The van der Waals surface area contributed by atoms with Crippen LogP contribution < -0.4 is 4.74 Å². The molecule has 1 heteroatoms. The van der Waals surface area contributed by atoms with E-state index in [9.17, 15) is 0 Å². The van der Waals surface area contributed by atoms with Gasteiger partial charge in [0.05, 0.1) is 6.10 Å². The summed E-state index contributed by atoms with van der Waals surface area (Å²) in [4.78, 5) is 0. The zero-order chi connectivity index (χ0) is 11.2. The molecule has 88 valence electrons. The summed E-state index contributed by atoms with van der Waals surface area (Å²) in [5, 5.41) is 0. The van der Waals surface area contributed by atoms with Gasteiger partial charge in [0.2, 0.25) is 0 Å². The van der Waals surface area contributed by atoms with E-state index in [1.54, 1.807) is 0 Å². The van der Waals surface area contributed by atoms with Crippen LogP contribution in [-0.4, -0.2) is 6.10 Å². The first kappa shape index (κ1) is 11.5. The van der Waals surface area contributed by atoms with Gasteiger partial charge in [0.25, 0.3) is 0 Å². The molecule has 0 spiro atoms. The molecule has 2 rings (SSSR count). The van der Waals surface area contributed by atoms with Gasteiger partial charge in [-0.05, 0) is 37.3 Å². The Kier molecular flexibility index (Phi) is 4.26. The Balaban J connectivity index is 1.79. The maximum absolute atomic E-state index is 6.01. The molecule has 0 radical (unpaired) electrons. The minimum Gasteiger partial charge on any atom is -0.490 e. The molecule has 1 aliphatic heterocycles. The number of benzene rings is 1. The second-order valence-electron chi connectivity index (χ2n) is 4.74. The molecule has 1 heterocycles. The van der Waals surface area contributed by atoms with Crippen LogP contribution in [0.25, 0.3) is 0 Å². The summed E-state index contributed by atoms with van der Waals surface area (Å²) in [6.45, 7) is 2.26. The van der Waals surface area contributed by atoms with Gasteiger partial charge in [0, 0.05) is 0 Å². The monoisotopic (exact) mass is 218 g/mol. The molecule has 1 atom stereocenters. The average Bonchev–Trinajstić information content (AvgIpc) is 2.34. The van der Waals surface area contributed by atoms with Crippen LogP contribution >= 0.6 is 0 Å². The topological polar surface area (TPSA) is 9.23 Å². The largest absolute Gasteiger partial charge is 0.490 e. The number of hydrogen-bond acceptors (Lipinski definition) is 1. The second-order valence-corrected chi connectivity index (χ2v) is 4.74. The van der Waals surface area contributed by atoms with Crippen LogP contribution in [0.2, 0.25) is 0 Å². The van der Waals surface area contributed by atoms with Crippen LogP contribution in [-0.2, 0) is 6.42 Å². The molecule has 16 heavy (non-hydrogen) atoms. The Hall–Kier alpha value is -0.980. The average molecular weight is 218 g/mol. The first-order valence-corrected chi connectivity index (χ1v) is 6.64. The number of para-hydroxylation sites is 1. The lowest BCUT2D eigenvalue weighted by molar-refractivity contribution is 0.160. The van der Waals surface area contributed by atoms with Gasteiger partial charge in [-0.1, -0.05) is 44.4 Å². The third-order valence-corrected chi connectivity index (χ3v) is 3.38. The summed E-state index contributed by atoms with van der Waals surface area (Å²) in [7, 11) is 0. The van der Waals surface area contributed by atoms with Gasteiger partial charge in [-0.2, -0.15) is 0 Å². The van der Waals surface area contributed by atoms with Crippen molar-refractivity contribution in [1.82, 2.24) is 0 Å². The fourth-order valence-electron chi connectivity index (χ4n) is 2.38. The van der Waals surface area contributed by atoms with E-state index in [4.69, 9.17) is 4.74 Å². The van der Waals surface area contributed by atoms with E-state index in [1.807, 2.05) is 0 Å². The van der Waals surface area contributed by atoms with Crippen LogP contribution in [0.3, 0.4) is 0 Å². The van der Waals surface area contributed by atoms with E-state index < -0.39 is 0 Å². The summed E-state index contributed by atoms with van der Waals surface area (Å²) in [5.74, 6) is 1.12. The molecule has 0 aliphatic carbocycles. The molecule has 0 aromatic heterocycles. The van der Waals surface area contributed by atoms with Crippen LogP contribution in [0, 0.1) is 0 Å². The standard InChI is InChI=1S/C15H22O/c1-2-3-4-5-9-14-12-11-13-8-6-7-10-15(13)16-14/h6-8,10,14H,2-5,9,11-12H2,1H3. The Morgan fingerprint density at radius 1 is 1.19 bits per heavy atom. The lowest BCUT2D eigenvalue weighted by Gasteiger charge is -2.26. The van der Waals surface area contributed by atoms with Gasteiger partial charge < -0.3 is 4.74 Å². The molecule has 1 aromatic rings. The lowest BCUT2D eigenvalue weighted by Crippen LogP contribution is -2.22. The summed E-state index contributed by atoms with van der Waals surface area (Å²) in [6.07, 6.45) is 9.44. The molecule has 1 aliphatic rings. The first-order chi connectivity index (χ1) is 7.90. The second kappa shape index (κ2) is 5.93. The van der Waals surface area contributed by atoms with Crippen molar-refractivity contribution in [1.29, 1.82) is 0 Å². The van der Waals surface area contributed by atoms with Crippen molar-refractivity contribution in [3.63, 3.8) is 0 Å². The zero-order valence-electron chi connectivity index (χ0n) is 10.2. The van der Waals surface area contributed by atoms with Gasteiger partial charge in [-0.15, -0.1) is 0 Å². The van der Waals surface area contributed by atoms with Crippen molar-refractivity contribution in [2.45, 2.75) is 58.0 Å². The molecular weight excluding hydrogens is 196 g/mol. The lowest BCUT2D eigenvalue weighted by atomic mass is 9.98. The molecule has 0 saturated heterocycles. The van der Waals surface area contributed by atoms with Crippen LogP contribution in [0.4, 0.5) is 0 Å². The number of rotatable bonds is 5. The van der Waals surface area contributed by atoms with E-state index in [-0.39, 0.29) is 0 Å². The van der Waals surface area contributed by atoms with E-state index in [2.05, 4.69) is 31.2 Å². The molecule has 1 nitrogen and oxygen atoms in total. The van der Waals surface area contributed by atoms with Crippen LogP contribution in [0.15, 0.2) is 24.3 Å². The fourth-order valence-corrected chi connectivity index (χ4v) is 2.38. The summed E-state index contributed by atoms with van der Waals surface area (Å²) in [6, 6.07) is 8.46. The van der Waals surface area contributed by atoms with Crippen molar-refractivity contribution in [3.05, 3.63) is 29.8 Å². The van der Waals surface area contributed by atoms with Crippen LogP contribution in [0.5, 0.6) is 5.75 Å². The number of unbranched alkanes of at least 4 members (excludes halogenated alkanes) is 3. The molecule has 0 bridgehead atoms. The van der Waals surface area contributed by atoms with E-state index in [1.165, 1.54) is 50.5 Å². The third kappa shape index (κ3) is 3.01. The maximum atomic E-state index is 6.01. The van der Waals surface area contributed by atoms with Crippen LogP contribution in [0.1, 0.15) is 51.0 Å². The van der Waals surface area contributed by atoms with E-state index in [0.717, 1.165) is 5.75 Å².